The lowest BCUT2D eigenvalue weighted by Crippen LogP contribution is -2.43. The molecule has 80 valence electrons. The van der Waals surface area contributed by atoms with Gasteiger partial charge in [0.1, 0.15) is 0 Å². The molecule has 0 nitrogen and oxygen atoms in total. The summed E-state index contributed by atoms with van der Waals surface area (Å²) in [5.74, 6) is 5.30. The Kier molecular flexibility index (Phi) is 1.82. The first-order valence-corrected chi connectivity index (χ1v) is 7.31. The number of hydrogen-bond acceptors (Lipinski definition) is 1. The van der Waals surface area contributed by atoms with E-state index in [9.17, 15) is 0 Å². The van der Waals surface area contributed by atoms with Gasteiger partial charge in [0, 0.05) is 4.88 Å². The summed E-state index contributed by atoms with van der Waals surface area (Å²) in [6.07, 6.45) is 7.78. The van der Waals surface area contributed by atoms with E-state index in [0.717, 1.165) is 29.6 Å². The molecule has 1 heterocycles. The van der Waals surface area contributed by atoms with E-state index in [-0.39, 0.29) is 0 Å². The molecule has 4 bridgehead atoms. The first kappa shape index (κ1) is 8.81. The molecule has 4 saturated carbocycles. The number of thiophene rings is 1. The third-order valence-electron chi connectivity index (χ3n) is 5.10. The zero-order valence-electron chi connectivity index (χ0n) is 9.06. The van der Waals surface area contributed by atoms with Crippen LogP contribution >= 0.6 is 11.3 Å². The average molecular weight is 218 g/mol. The lowest BCUT2D eigenvalue weighted by molar-refractivity contribution is -0.00160. The van der Waals surface area contributed by atoms with E-state index >= 15 is 0 Å². The highest BCUT2D eigenvalue weighted by molar-refractivity contribution is 7.10. The first-order chi connectivity index (χ1) is 7.40. The van der Waals surface area contributed by atoms with Gasteiger partial charge in [0.05, 0.1) is 0 Å². The van der Waals surface area contributed by atoms with Crippen LogP contribution in [0.4, 0.5) is 0 Å². The molecule has 1 heteroatoms. The molecule has 4 aliphatic rings. The van der Waals surface area contributed by atoms with Crippen LogP contribution in [-0.4, -0.2) is 0 Å². The number of rotatable bonds is 1. The third kappa shape index (κ3) is 1.25. The summed E-state index contributed by atoms with van der Waals surface area (Å²) in [6.45, 7) is 0. The molecule has 0 unspecified atom stereocenters. The van der Waals surface area contributed by atoms with E-state index < -0.39 is 0 Å². The van der Waals surface area contributed by atoms with Gasteiger partial charge < -0.3 is 0 Å². The van der Waals surface area contributed by atoms with Crippen molar-refractivity contribution in [2.45, 2.75) is 38.0 Å². The third-order valence-corrected chi connectivity index (χ3v) is 6.07. The molecule has 1 aromatic rings. The molecule has 15 heavy (non-hydrogen) atoms. The smallest absolute Gasteiger partial charge is 0.00817 e. The molecule has 0 atom stereocenters. The minimum absolute atomic E-state index is 0.956. The van der Waals surface area contributed by atoms with Gasteiger partial charge in [-0.25, -0.2) is 0 Å². The van der Waals surface area contributed by atoms with E-state index in [0.29, 0.717) is 0 Å². The van der Waals surface area contributed by atoms with Crippen molar-refractivity contribution in [2.24, 2.45) is 23.7 Å². The van der Waals surface area contributed by atoms with E-state index in [1.165, 1.54) is 0 Å². The van der Waals surface area contributed by atoms with Gasteiger partial charge in [-0.3, -0.25) is 0 Å². The molecule has 0 aromatic carbocycles. The van der Waals surface area contributed by atoms with E-state index in [1.54, 1.807) is 37.0 Å². The molecular weight excluding hydrogens is 200 g/mol. The molecule has 0 radical (unpaired) electrons. The van der Waals surface area contributed by atoms with Crippen LogP contribution in [0, 0.1) is 23.7 Å². The zero-order valence-corrected chi connectivity index (χ0v) is 9.88. The Morgan fingerprint density at radius 1 is 0.933 bits per heavy atom. The molecule has 1 aromatic heterocycles. The van der Waals surface area contributed by atoms with E-state index in [4.69, 9.17) is 0 Å². The highest BCUT2D eigenvalue weighted by atomic mass is 32.1. The Bertz CT molecular complexity index is 323. The average Bonchev–Trinajstić information content (AvgIpc) is 2.69. The van der Waals surface area contributed by atoms with Crippen LogP contribution in [0.25, 0.3) is 0 Å². The summed E-state index contributed by atoms with van der Waals surface area (Å²) >= 11 is 2.00. The Hall–Kier alpha value is -0.300. The van der Waals surface area contributed by atoms with Crippen LogP contribution in [0.1, 0.15) is 42.9 Å². The molecule has 4 aliphatic carbocycles. The molecule has 5 rings (SSSR count). The van der Waals surface area contributed by atoms with E-state index in [2.05, 4.69) is 17.5 Å². The molecule has 0 N–H and O–H groups in total. The van der Waals surface area contributed by atoms with Crippen LogP contribution in [0.5, 0.6) is 0 Å². The SMILES string of the molecule is c1csc(C2C3CC4CC(C3)CC2C4)c1. The Morgan fingerprint density at radius 2 is 1.60 bits per heavy atom. The van der Waals surface area contributed by atoms with Crippen molar-refractivity contribution >= 4 is 11.3 Å². The number of hydrogen-bond donors (Lipinski definition) is 0. The van der Waals surface area contributed by atoms with Crippen molar-refractivity contribution in [3.05, 3.63) is 22.4 Å². The normalized spacial score (nSPS) is 47.3. The maximum absolute atomic E-state index is 2.39. The van der Waals surface area contributed by atoms with Gasteiger partial charge in [-0.05, 0) is 73.1 Å². The molecule has 0 spiro atoms. The highest BCUT2D eigenvalue weighted by Crippen LogP contribution is 2.60. The van der Waals surface area contributed by atoms with Crippen molar-refractivity contribution in [2.75, 3.05) is 0 Å². The second kappa shape index (κ2) is 3.10. The van der Waals surface area contributed by atoms with Gasteiger partial charge >= 0.3 is 0 Å². The molecule has 0 aliphatic heterocycles. The fourth-order valence-corrected chi connectivity index (χ4v) is 5.88. The Balaban J connectivity index is 1.71. The van der Waals surface area contributed by atoms with Crippen molar-refractivity contribution in [3.63, 3.8) is 0 Å². The van der Waals surface area contributed by atoms with Crippen LogP contribution in [0.15, 0.2) is 17.5 Å². The van der Waals surface area contributed by atoms with E-state index in [1.807, 2.05) is 11.3 Å². The maximum Gasteiger partial charge on any atom is 0.00817 e. The van der Waals surface area contributed by atoms with Crippen molar-refractivity contribution in [1.29, 1.82) is 0 Å². The Labute approximate surface area is 95.7 Å². The zero-order chi connectivity index (χ0) is 9.83. The van der Waals surface area contributed by atoms with Crippen LogP contribution in [0.2, 0.25) is 0 Å². The van der Waals surface area contributed by atoms with Crippen LogP contribution in [0.3, 0.4) is 0 Å². The second-order valence-electron chi connectivity index (χ2n) is 5.97. The van der Waals surface area contributed by atoms with Crippen LogP contribution in [-0.2, 0) is 0 Å². The minimum Gasteiger partial charge on any atom is -0.149 e. The summed E-state index contributed by atoms with van der Waals surface area (Å²) in [7, 11) is 0. The molecular formula is C14H18S. The van der Waals surface area contributed by atoms with Crippen molar-refractivity contribution in [1.82, 2.24) is 0 Å². The van der Waals surface area contributed by atoms with Gasteiger partial charge in [-0.1, -0.05) is 6.07 Å². The minimum atomic E-state index is 0.956. The quantitative estimate of drug-likeness (QED) is 0.659. The summed E-state index contributed by atoms with van der Waals surface area (Å²) in [6, 6.07) is 4.63. The lowest BCUT2D eigenvalue weighted by Gasteiger charge is -2.54. The van der Waals surface area contributed by atoms with Gasteiger partial charge in [0.25, 0.3) is 0 Å². The summed E-state index contributed by atoms with van der Waals surface area (Å²) < 4.78 is 0. The largest absolute Gasteiger partial charge is 0.149 e. The van der Waals surface area contributed by atoms with Crippen molar-refractivity contribution in [3.8, 4) is 0 Å². The lowest BCUT2D eigenvalue weighted by atomic mass is 9.51. The molecule has 0 saturated heterocycles. The second-order valence-corrected chi connectivity index (χ2v) is 6.95. The molecule has 4 fully saturated rings. The fraction of sp³-hybridized carbons (Fsp3) is 0.714. The summed E-state index contributed by atoms with van der Waals surface area (Å²) in [4.78, 5) is 1.70. The topological polar surface area (TPSA) is 0 Å². The van der Waals surface area contributed by atoms with Gasteiger partial charge in [-0.15, -0.1) is 11.3 Å². The van der Waals surface area contributed by atoms with Gasteiger partial charge in [0.2, 0.25) is 0 Å². The van der Waals surface area contributed by atoms with Gasteiger partial charge in [0.15, 0.2) is 0 Å². The highest BCUT2D eigenvalue weighted by Gasteiger charge is 2.48. The summed E-state index contributed by atoms with van der Waals surface area (Å²) in [5.41, 5.74) is 0. The fourth-order valence-electron chi connectivity index (χ4n) is 4.87. The van der Waals surface area contributed by atoms with Crippen molar-refractivity contribution < 1.29 is 0 Å². The molecule has 0 amide bonds. The maximum atomic E-state index is 2.39. The monoisotopic (exact) mass is 218 g/mol. The van der Waals surface area contributed by atoms with Gasteiger partial charge in [-0.2, -0.15) is 0 Å². The predicted octanol–water partition coefficient (Wildman–Crippen LogP) is 4.29. The standard InChI is InChI=1S/C14H18S/c1-2-13(15-3-1)14-11-5-9-4-10(7-11)8-12(14)6-9/h1-3,9-12,14H,4-8H2. The Morgan fingerprint density at radius 3 is 2.13 bits per heavy atom. The van der Waals surface area contributed by atoms with Crippen LogP contribution < -0.4 is 0 Å². The predicted molar refractivity (Wildman–Crippen MR) is 64.1 cm³/mol. The summed E-state index contributed by atoms with van der Waals surface area (Å²) in [5, 5.41) is 2.26. The first-order valence-electron chi connectivity index (χ1n) is 6.43.